The average molecular weight is 378 g/mol. The van der Waals surface area contributed by atoms with Crippen molar-refractivity contribution in [3.8, 4) is 0 Å². The van der Waals surface area contributed by atoms with E-state index in [4.69, 9.17) is 0 Å². The molecule has 0 aliphatic heterocycles. The van der Waals surface area contributed by atoms with Gasteiger partial charge in [-0.3, -0.25) is 9.59 Å². The Bertz CT molecular complexity index is 701. The van der Waals surface area contributed by atoms with Crippen molar-refractivity contribution in [1.29, 1.82) is 0 Å². The van der Waals surface area contributed by atoms with Crippen LogP contribution in [-0.4, -0.2) is 56.9 Å². The Hall–Kier alpha value is -1.08. The molecule has 0 saturated heterocycles. The number of carbonyl (C=O) groups is 2. The summed E-state index contributed by atoms with van der Waals surface area (Å²) in [4.78, 5) is 24.3. The van der Waals surface area contributed by atoms with Crippen LogP contribution in [0.15, 0.2) is 11.6 Å². The topological polar surface area (TPSA) is 115 Å². The van der Waals surface area contributed by atoms with Crippen LogP contribution in [0, 0.1) is 28.6 Å². The normalized spacial score (nSPS) is 49.1. The van der Waals surface area contributed by atoms with E-state index in [1.807, 2.05) is 6.92 Å². The maximum atomic E-state index is 12.4. The zero-order chi connectivity index (χ0) is 19.6. The van der Waals surface area contributed by atoms with Crippen molar-refractivity contribution < 1.29 is 30.0 Å². The molecule has 3 fully saturated rings. The quantitative estimate of drug-likeness (QED) is 0.576. The summed E-state index contributed by atoms with van der Waals surface area (Å²) < 4.78 is 0. The van der Waals surface area contributed by atoms with E-state index in [1.54, 1.807) is 6.08 Å². The van der Waals surface area contributed by atoms with Crippen LogP contribution < -0.4 is 0 Å². The second kappa shape index (κ2) is 6.21. The van der Waals surface area contributed by atoms with Crippen LogP contribution in [0.3, 0.4) is 0 Å². The molecule has 0 aromatic rings. The molecule has 4 aliphatic carbocycles. The second-order valence-electron chi connectivity index (χ2n) is 9.45. The minimum Gasteiger partial charge on any atom is -0.395 e. The van der Waals surface area contributed by atoms with Gasteiger partial charge >= 0.3 is 0 Å². The van der Waals surface area contributed by atoms with Gasteiger partial charge in [-0.25, -0.2) is 0 Å². The number of aliphatic hydroxyl groups excluding tert-OH is 3. The molecule has 150 valence electrons. The van der Waals surface area contributed by atoms with Crippen molar-refractivity contribution in [3.63, 3.8) is 0 Å². The van der Waals surface area contributed by atoms with Crippen LogP contribution in [0.1, 0.15) is 51.9 Å². The van der Waals surface area contributed by atoms with Gasteiger partial charge in [-0.15, -0.1) is 0 Å². The van der Waals surface area contributed by atoms with Gasteiger partial charge in [-0.05, 0) is 62.4 Å². The van der Waals surface area contributed by atoms with Crippen LogP contribution in [0.2, 0.25) is 0 Å². The van der Waals surface area contributed by atoms with Crippen LogP contribution in [0.25, 0.3) is 0 Å². The number of ketones is 2. The molecule has 4 aliphatic rings. The highest BCUT2D eigenvalue weighted by molar-refractivity contribution is 5.92. The molecule has 4 N–H and O–H groups in total. The number of Topliss-reactive ketones (excluding diaryl/α,β-unsaturated/α-hetero) is 1. The first-order valence-corrected chi connectivity index (χ1v) is 10.1. The van der Waals surface area contributed by atoms with E-state index in [1.165, 1.54) is 0 Å². The van der Waals surface area contributed by atoms with Gasteiger partial charge in [-0.2, -0.15) is 0 Å². The summed E-state index contributed by atoms with van der Waals surface area (Å²) in [6, 6.07) is 0. The van der Waals surface area contributed by atoms with Gasteiger partial charge < -0.3 is 20.4 Å². The first-order chi connectivity index (χ1) is 12.7. The van der Waals surface area contributed by atoms with E-state index in [0.29, 0.717) is 32.1 Å². The van der Waals surface area contributed by atoms with Crippen molar-refractivity contribution >= 4 is 11.6 Å². The molecule has 4 rings (SSSR count). The standard InChI is InChI=1S/C21H30O6/c1-19-9-16(25)18-14(15(19)5-7-21(19,27)17(26)10-22)3-2-12-8-13(24)4-6-20(12,18)11-23/h8,14-16,18,22-23,25,27H,2-7,9-11H2,1H3/t14-,15-,16-,18+,19-,20-,21-/m0/s1. The van der Waals surface area contributed by atoms with Crippen LogP contribution in [-0.2, 0) is 9.59 Å². The van der Waals surface area contributed by atoms with Crippen LogP contribution >= 0.6 is 0 Å². The summed E-state index contributed by atoms with van der Waals surface area (Å²) in [5, 5.41) is 42.1. The van der Waals surface area contributed by atoms with E-state index in [9.17, 15) is 30.0 Å². The zero-order valence-corrected chi connectivity index (χ0v) is 15.9. The van der Waals surface area contributed by atoms with Crippen LogP contribution in [0.5, 0.6) is 0 Å². The van der Waals surface area contributed by atoms with Gasteiger partial charge in [0, 0.05) is 17.3 Å². The maximum Gasteiger partial charge on any atom is 0.190 e. The summed E-state index contributed by atoms with van der Waals surface area (Å²) in [7, 11) is 0. The van der Waals surface area contributed by atoms with E-state index in [-0.39, 0.29) is 36.6 Å². The lowest BCUT2D eigenvalue weighted by Crippen LogP contribution is -2.63. The predicted molar refractivity (Wildman–Crippen MR) is 96.6 cm³/mol. The number of fused-ring (bicyclic) bond motifs is 5. The van der Waals surface area contributed by atoms with Crippen molar-refractivity contribution in [3.05, 3.63) is 11.6 Å². The van der Waals surface area contributed by atoms with Gasteiger partial charge in [-0.1, -0.05) is 12.5 Å². The van der Waals surface area contributed by atoms with Gasteiger partial charge in [0.25, 0.3) is 0 Å². The molecule has 0 aromatic carbocycles. The van der Waals surface area contributed by atoms with Crippen molar-refractivity contribution in [2.75, 3.05) is 13.2 Å². The third-order valence-corrected chi connectivity index (χ3v) is 8.67. The van der Waals surface area contributed by atoms with Gasteiger partial charge in [0.1, 0.15) is 12.2 Å². The first-order valence-electron chi connectivity index (χ1n) is 10.1. The summed E-state index contributed by atoms with van der Waals surface area (Å²) in [5.74, 6) is -0.507. The molecule has 0 unspecified atom stereocenters. The van der Waals surface area contributed by atoms with Crippen molar-refractivity contribution in [2.24, 2.45) is 28.6 Å². The number of aliphatic hydroxyl groups is 4. The molecule has 27 heavy (non-hydrogen) atoms. The number of rotatable bonds is 3. The monoisotopic (exact) mass is 378 g/mol. The largest absolute Gasteiger partial charge is 0.395 e. The minimum absolute atomic E-state index is 0.0500. The van der Waals surface area contributed by atoms with E-state index in [0.717, 1.165) is 12.0 Å². The third kappa shape index (κ3) is 2.33. The molecule has 0 heterocycles. The molecule has 7 atom stereocenters. The maximum absolute atomic E-state index is 12.4. The molecule has 0 radical (unpaired) electrons. The number of hydrogen-bond donors (Lipinski definition) is 4. The van der Waals surface area contributed by atoms with Crippen molar-refractivity contribution in [2.45, 2.75) is 63.6 Å². The lowest BCUT2D eigenvalue weighted by Gasteiger charge is -2.60. The SMILES string of the molecule is C[C@]12C[C@H](O)[C@H]3[C@@H](CCC4=CC(=O)CC[C@]43CO)[C@@H]1CC[C@]2(O)C(=O)CO. The number of carbonyl (C=O) groups excluding carboxylic acids is 2. The molecule has 0 bridgehead atoms. The van der Waals surface area contributed by atoms with Gasteiger partial charge in [0.15, 0.2) is 11.6 Å². The number of hydrogen-bond acceptors (Lipinski definition) is 6. The highest BCUT2D eigenvalue weighted by Gasteiger charge is 2.68. The molecule has 6 nitrogen and oxygen atoms in total. The predicted octanol–water partition coefficient (Wildman–Crippen LogP) is 0.754. The Morgan fingerprint density at radius 1 is 1.22 bits per heavy atom. The Balaban J connectivity index is 1.76. The van der Waals surface area contributed by atoms with E-state index >= 15 is 0 Å². The van der Waals surface area contributed by atoms with E-state index in [2.05, 4.69) is 0 Å². The lowest BCUT2D eigenvalue weighted by molar-refractivity contribution is -0.186. The molecule has 0 aromatic heterocycles. The van der Waals surface area contributed by atoms with Crippen LogP contribution in [0.4, 0.5) is 0 Å². The fourth-order valence-electron chi connectivity index (χ4n) is 7.35. The average Bonchev–Trinajstić information content (AvgIpc) is 2.92. The Labute approximate surface area is 159 Å². The zero-order valence-electron chi connectivity index (χ0n) is 15.9. The molecule has 3 saturated carbocycles. The smallest absolute Gasteiger partial charge is 0.190 e. The fraction of sp³-hybridized carbons (Fsp3) is 0.810. The third-order valence-electron chi connectivity index (χ3n) is 8.67. The van der Waals surface area contributed by atoms with E-state index < -0.39 is 34.9 Å². The Kier molecular flexibility index (Phi) is 4.43. The summed E-state index contributed by atoms with van der Waals surface area (Å²) in [6.07, 6.45) is 4.58. The summed E-state index contributed by atoms with van der Waals surface area (Å²) in [6.45, 7) is 1.09. The van der Waals surface area contributed by atoms with Gasteiger partial charge in [0.05, 0.1) is 12.7 Å². The molecule has 0 spiro atoms. The fourth-order valence-corrected chi connectivity index (χ4v) is 7.35. The second-order valence-corrected chi connectivity index (χ2v) is 9.45. The molecular weight excluding hydrogens is 348 g/mol. The molecule has 6 heteroatoms. The summed E-state index contributed by atoms with van der Waals surface area (Å²) >= 11 is 0. The highest BCUT2D eigenvalue weighted by atomic mass is 16.3. The minimum atomic E-state index is -1.61. The Morgan fingerprint density at radius 2 is 1.96 bits per heavy atom. The van der Waals surface area contributed by atoms with Crippen molar-refractivity contribution in [1.82, 2.24) is 0 Å². The molecular formula is C21H30O6. The highest BCUT2D eigenvalue weighted by Crippen LogP contribution is 2.67. The first kappa shape index (κ1) is 19.2. The summed E-state index contributed by atoms with van der Waals surface area (Å²) in [5.41, 5.74) is -2.00. The molecule has 0 amide bonds. The van der Waals surface area contributed by atoms with Gasteiger partial charge in [0.2, 0.25) is 0 Å². The lowest BCUT2D eigenvalue weighted by atomic mass is 9.45. The Morgan fingerprint density at radius 3 is 2.63 bits per heavy atom.